The number of thiazole rings is 1. The van der Waals surface area contributed by atoms with E-state index in [0.29, 0.717) is 11.0 Å². The molecule has 0 radical (unpaired) electrons. The lowest BCUT2D eigenvalue weighted by Gasteiger charge is -2.18. The van der Waals surface area contributed by atoms with Gasteiger partial charge in [0.15, 0.2) is 16.6 Å². The van der Waals surface area contributed by atoms with Crippen LogP contribution in [0.4, 0.5) is 9.93 Å². The minimum Gasteiger partial charge on any atom is -0.444 e. The predicted octanol–water partition coefficient (Wildman–Crippen LogP) is 3.20. The number of fused-ring (bicyclic) bond motifs is 1. The Morgan fingerprint density at radius 2 is 2.14 bits per heavy atom. The summed E-state index contributed by atoms with van der Waals surface area (Å²) >= 11 is 1.31. The summed E-state index contributed by atoms with van der Waals surface area (Å²) in [6.07, 6.45) is 3.01. The minimum absolute atomic E-state index is 0.455. The first kappa shape index (κ1) is 14.5. The lowest BCUT2D eigenvalue weighted by atomic mass is 10.2. The van der Waals surface area contributed by atoms with E-state index in [1.807, 2.05) is 49.6 Å². The number of pyridine rings is 1. The van der Waals surface area contributed by atoms with Crippen molar-refractivity contribution in [1.82, 2.24) is 19.6 Å². The third kappa shape index (κ3) is 3.06. The van der Waals surface area contributed by atoms with Crippen molar-refractivity contribution in [2.45, 2.75) is 26.4 Å². The summed E-state index contributed by atoms with van der Waals surface area (Å²) in [5.41, 5.74) is 0.209. The highest BCUT2D eigenvalue weighted by atomic mass is 32.1. The van der Waals surface area contributed by atoms with Crippen LogP contribution in [0.2, 0.25) is 0 Å². The zero-order chi connectivity index (χ0) is 15.7. The Labute approximate surface area is 131 Å². The van der Waals surface area contributed by atoms with Gasteiger partial charge in [0.2, 0.25) is 0 Å². The molecule has 0 saturated carbocycles. The van der Waals surface area contributed by atoms with Crippen LogP contribution in [-0.2, 0) is 4.74 Å². The molecule has 0 saturated heterocycles. The Bertz CT molecular complexity index is 818. The zero-order valence-corrected chi connectivity index (χ0v) is 13.2. The maximum absolute atomic E-state index is 11.7. The predicted molar refractivity (Wildman–Crippen MR) is 84.0 cm³/mol. The molecule has 3 heterocycles. The number of aromatic nitrogens is 4. The van der Waals surface area contributed by atoms with Gasteiger partial charge in [0.05, 0.1) is 11.1 Å². The van der Waals surface area contributed by atoms with Gasteiger partial charge < -0.3 is 4.74 Å². The van der Waals surface area contributed by atoms with Crippen molar-refractivity contribution >= 4 is 28.2 Å². The number of nitrogens with one attached hydrogen (secondary N) is 1. The van der Waals surface area contributed by atoms with Gasteiger partial charge in [0.1, 0.15) is 5.60 Å². The Kier molecular flexibility index (Phi) is 3.53. The van der Waals surface area contributed by atoms with Crippen LogP contribution in [-0.4, -0.2) is 31.3 Å². The smallest absolute Gasteiger partial charge is 0.413 e. The third-order valence-electron chi connectivity index (χ3n) is 2.65. The topological polar surface area (TPSA) is 81.4 Å². The molecule has 22 heavy (non-hydrogen) atoms. The van der Waals surface area contributed by atoms with E-state index in [0.717, 1.165) is 10.5 Å². The fourth-order valence-electron chi connectivity index (χ4n) is 1.84. The Morgan fingerprint density at radius 1 is 1.32 bits per heavy atom. The number of carbonyl (C=O) groups excluding carboxylic acids is 1. The highest BCUT2D eigenvalue weighted by Gasteiger charge is 2.18. The summed E-state index contributed by atoms with van der Waals surface area (Å²) in [5, 5.41) is 11.3. The molecule has 0 aromatic carbocycles. The number of anilines is 1. The van der Waals surface area contributed by atoms with Crippen LogP contribution < -0.4 is 5.32 Å². The van der Waals surface area contributed by atoms with E-state index in [1.54, 1.807) is 6.20 Å². The van der Waals surface area contributed by atoms with Crippen LogP contribution in [0.15, 0.2) is 30.6 Å². The number of carbonyl (C=O) groups is 1. The van der Waals surface area contributed by atoms with Crippen molar-refractivity contribution in [2.24, 2.45) is 0 Å². The van der Waals surface area contributed by atoms with Crippen LogP contribution in [0, 0.1) is 0 Å². The van der Waals surface area contributed by atoms with E-state index < -0.39 is 11.7 Å². The largest absolute Gasteiger partial charge is 0.444 e. The lowest BCUT2D eigenvalue weighted by molar-refractivity contribution is 0.0636. The molecule has 7 nitrogen and oxygen atoms in total. The van der Waals surface area contributed by atoms with Gasteiger partial charge in [0, 0.05) is 6.20 Å². The highest BCUT2D eigenvalue weighted by molar-refractivity contribution is 7.19. The molecule has 0 aliphatic carbocycles. The van der Waals surface area contributed by atoms with Crippen molar-refractivity contribution in [2.75, 3.05) is 5.32 Å². The van der Waals surface area contributed by atoms with Gasteiger partial charge in [-0.25, -0.2) is 9.78 Å². The molecule has 1 N–H and O–H groups in total. The number of nitrogens with zero attached hydrogens (tertiary/aromatic N) is 4. The molecule has 0 bridgehead atoms. The van der Waals surface area contributed by atoms with Crippen molar-refractivity contribution in [3.05, 3.63) is 30.6 Å². The summed E-state index contributed by atoms with van der Waals surface area (Å²) in [6.45, 7) is 5.42. The normalized spacial score (nSPS) is 11.6. The van der Waals surface area contributed by atoms with Crippen LogP contribution >= 0.6 is 11.3 Å². The lowest BCUT2D eigenvalue weighted by Crippen LogP contribution is -2.27. The summed E-state index contributed by atoms with van der Waals surface area (Å²) < 4.78 is 7.06. The number of hydrogen-bond acceptors (Lipinski definition) is 6. The molecule has 3 rings (SSSR count). The Hall–Kier alpha value is -2.48. The second kappa shape index (κ2) is 5.38. The molecule has 0 aliphatic heterocycles. The fourth-order valence-corrected chi connectivity index (χ4v) is 2.62. The summed E-state index contributed by atoms with van der Waals surface area (Å²) in [4.78, 5) is 16.7. The molecule has 8 heteroatoms. The molecule has 0 unspecified atom stereocenters. The second-order valence-electron chi connectivity index (χ2n) is 5.61. The minimum atomic E-state index is -0.548. The monoisotopic (exact) mass is 317 g/mol. The molecule has 0 atom stereocenters. The van der Waals surface area contributed by atoms with Crippen molar-refractivity contribution in [3.8, 4) is 10.7 Å². The zero-order valence-electron chi connectivity index (χ0n) is 12.4. The van der Waals surface area contributed by atoms with E-state index in [-0.39, 0.29) is 0 Å². The van der Waals surface area contributed by atoms with Crippen LogP contribution in [0.25, 0.3) is 16.3 Å². The van der Waals surface area contributed by atoms with E-state index >= 15 is 0 Å². The van der Waals surface area contributed by atoms with E-state index in [9.17, 15) is 4.79 Å². The molecule has 114 valence electrons. The van der Waals surface area contributed by atoms with Gasteiger partial charge >= 0.3 is 6.09 Å². The highest BCUT2D eigenvalue weighted by Crippen LogP contribution is 2.28. The SMILES string of the molecule is CC(C)(C)OC(=O)Nc1ncc(-c2nnc3ccccn23)s1. The van der Waals surface area contributed by atoms with Crippen LogP contribution in [0.3, 0.4) is 0 Å². The third-order valence-corrected chi connectivity index (χ3v) is 3.56. The summed E-state index contributed by atoms with van der Waals surface area (Å²) in [7, 11) is 0. The molecular weight excluding hydrogens is 302 g/mol. The number of amides is 1. The number of hydrogen-bond donors (Lipinski definition) is 1. The average Bonchev–Trinajstić information content (AvgIpc) is 3.02. The Morgan fingerprint density at radius 3 is 2.91 bits per heavy atom. The van der Waals surface area contributed by atoms with E-state index in [2.05, 4.69) is 20.5 Å². The fraction of sp³-hybridized carbons (Fsp3) is 0.286. The van der Waals surface area contributed by atoms with Gasteiger partial charge in [-0.05, 0) is 32.9 Å². The summed E-state index contributed by atoms with van der Waals surface area (Å²) in [6, 6.07) is 5.67. The standard InChI is InChI=1S/C14H15N5O2S/c1-14(2,3)21-13(20)16-12-15-8-9(22-12)11-18-17-10-6-4-5-7-19(10)11/h4-8H,1-3H3,(H,15,16,20). The number of rotatable bonds is 2. The second-order valence-corrected chi connectivity index (χ2v) is 6.64. The van der Waals surface area contributed by atoms with Crippen LogP contribution in [0.5, 0.6) is 0 Å². The molecule has 0 spiro atoms. The van der Waals surface area contributed by atoms with Gasteiger partial charge in [-0.3, -0.25) is 9.72 Å². The summed E-state index contributed by atoms with van der Waals surface area (Å²) in [5.74, 6) is 0.685. The molecule has 3 aromatic rings. The van der Waals surface area contributed by atoms with Crippen molar-refractivity contribution in [1.29, 1.82) is 0 Å². The van der Waals surface area contributed by atoms with Gasteiger partial charge in [-0.2, -0.15) is 0 Å². The van der Waals surface area contributed by atoms with Gasteiger partial charge in [-0.15, -0.1) is 10.2 Å². The first-order chi connectivity index (χ1) is 10.4. The van der Waals surface area contributed by atoms with Gasteiger partial charge in [-0.1, -0.05) is 17.4 Å². The maximum Gasteiger partial charge on any atom is 0.413 e. The molecule has 0 fully saturated rings. The van der Waals surface area contributed by atoms with Crippen LogP contribution in [0.1, 0.15) is 20.8 Å². The van der Waals surface area contributed by atoms with Gasteiger partial charge in [0.25, 0.3) is 0 Å². The van der Waals surface area contributed by atoms with E-state index in [4.69, 9.17) is 4.74 Å². The quantitative estimate of drug-likeness (QED) is 0.785. The molecule has 0 aliphatic rings. The molecule has 1 amide bonds. The Balaban J connectivity index is 1.81. The number of ether oxygens (including phenoxy) is 1. The van der Waals surface area contributed by atoms with E-state index in [1.165, 1.54) is 11.3 Å². The van der Waals surface area contributed by atoms with Crippen molar-refractivity contribution < 1.29 is 9.53 Å². The maximum atomic E-state index is 11.7. The average molecular weight is 317 g/mol. The first-order valence-corrected chi connectivity index (χ1v) is 7.50. The molecular formula is C14H15N5O2S. The van der Waals surface area contributed by atoms with Crippen molar-refractivity contribution in [3.63, 3.8) is 0 Å². The molecule has 3 aromatic heterocycles. The first-order valence-electron chi connectivity index (χ1n) is 6.68.